The van der Waals surface area contributed by atoms with Crippen molar-refractivity contribution < 1.29 is 0 Å². The molecule has 2 heterocycles. The highest BCUT2D eigenvalue weighted by Crippen LogP contribution is 2.21. The molecular weight excluding hydrogens is 236 g/mol. The van der Waals surface area contributed by atoms with Gasteiger partial charge in [-0.3, -0.25) is 15.1 Å². The van der Waals surface area contributed by atoms with Crippen molar-refractivity contribution in [3.8, 4) is 6.07 Å². The zero-order valence-corrected chi connectivity index (χ0v) is 12.5. The van der Waals surface area contributed by atoms with E-state index in [-0.39, 0.29) is 0 Å². The van der Waals surface area contributed by atoms with Crippen molar-refractivity contribution in [1.82, 2.24) is 15.1 Å². The maximum atomic E-state index is 9.34. The van der Waals surface area contributed by atoms with Crippen LogP contribution in [0.4, 0.5) is 0 Å². The van der Waals surface area contributed by atoms with Gasteiger partial charge in [-0.25, -0.2) is 0 Å². The molecule has 0 bridgehead atoms. The number of nitriles is 1. The summed E-state index contributed by atoms with van der Waals surface area (Å²) >= 11 is 0. The topological polar surface area (TPSA) is 42.3 Å². The molecule has 4 nitrogen and oxygen atoms in total. The number of likely N-dealkylation sites (tertiary alicyclic amines) is 2. The minimum Gasteiger partial charge on any atom is -0.299 e. The first kappa shape index (κ1) is 14.8. The molecule has 0 saturated carbocycles. The van der Waals surface area contributed by atoms with E-state index in [0.29, 0.717) is 0 Å². The number of rotatable bonds is 5. The molecule has 2 saturated heterocycles. The Hall–Kier alpha value is -0.630. The Morgan fingerprint density at radius 3 is 2.63 bits per heavy atom. The van der Waals surface area contributed by atoms with Gasteiger partial charge in [-0.05, 0) is 52.4 Å². The molecule has 2 rings (SSSR count). The Labute approximate surface area is 117 Å². The normalized spacial score (nSPS) is 29.0. The molecule has 2 unspecified atom stereocenters. The molecule has 0 aromatic heterocycles. The summed E-state index contributed by atoms with van der Waals surface area (Å²) in [4.78, 5) is 5.13. The predicted octanol–water partition coefficient (Wildman–Crippen LogP) is 1.44. The summed E-state index contributed by atoms with van der Waals surface area (Å²) in [5.41, 5.74) is -0.397. The lowest BCUT2D eigenvalue weighted by atomic mass is 10.0. The number of hydrogen-bond acceptors (Lipinski definition) is 4. The van der Waals surface area contributed by atoms with Gasteiger partial charge in [-0.1, -0.05) is 13.3 Å². The Bertz CT molecular complexity index is 319. The fourth-order valence-corrected chi connectivity index (χ4v) is 3.51. The molecule has 2 aliphatic rings. The fourth-order valence-electron chi connectivity index (χ4n) is 3.51. The summed E-state index contributed by atoms with van der Waals surface area (Å²) in [6.45, 7) is 10.6. The minimum absolute atomic E-state index is 0.397. The van der Waals surface area contributed by atoms with Crippen molar-refractivity contribution in [3.05, 3.63) is 0 Å². The van der Waals surface area contributed by atoms with Crippen molar-refractivity contribution in [3.63, 3.8) is 0 Å². The summed E-state index contributed by atoms with van der Waals surface area (Å²) in [6, 6.07) is 3.16. The molecule has 0 amide bonds. The van der Waals surface area contributed by atoms with Crippen LogP contribution >= 0.6 is 0 Å². The monoisotopic (exact) mass is 264 g/mol. The van der Waals surface area contributed by atoms with E-state index in [4.69, 9.17) is 0 Å². The standard InChI is InChI=1S/C15H28N4/c1-3-17-15(2,12-16)13-18-10-7-14(11-18)19-8-5-4-6-9-19/h14,17H,3-11,13H2,1-2H3. The lowest BCUT2D eigenvalue weighted by Gasteiger charge is -2.33. The van der Waals surface area contributed by atoms with Gasteiger partial charge in [0.2, 0.25) is 0 Å². The summed E-state index contributed by atoms with van der Waals surface area (Å²) in [5.74, 6) is 0. The first-order chi connectivity index (χ1) is 9.17. The van der Waals surface area contributed by atoms with E-state index >= 15 is 0 Å². The fraction of sp³-hybridized carbons (Fsp3) is 0.933. The molecule has 1 N–H and O–H groups in total. The highest BCUT2D eigenvalue weighted by atomic mass is 15.3. The SMILES string of the molecule is CCNC(C)(C#N)CN1CCC(N2CCCCC2)C1. The number of hydrogen-bond donors (Lipinski definition) is 1. The van der Waals surface area contributed by atoms with Crippen LogP contribution < -0.4 is 5.32 Å². The third kappa shape index (κ3) is 3.92. The molecule has 0 aliphatic carbocycles. The van der Waals surface area contributed by atoms with Crippen LogP contribution in [0.25, 0.3) is 0 Å². The van der Waals surface area contributed by atoms with Crippen molar-refractivity contribution in [2.45, 2.75) is 51.1 Å². The van der Waals surface area contributed by atoms with Gasteiger partial charge in [-0.2, -0.15) is 5.26 Å². The molecule has 4 heteroatoms. The molecule has 2 aliphatic heterocycles. The van der Waals surface area contributed by atoms with Gasteiger partial charge in [-0.15, -0.1) is 0 Å². The maximum absolute atomic E-state index is 9.34. The van der Waals surface area contributed by atoms with Crippen LogP contribution in [0.15, 0.2) is 0 Å². The van der Waals surface area contributed by atoms with Crippen molar-refractivity contribution >= 4 is 0 Å². The van der Waals surface area contributed by atoms with Gasteiger partial charge in [0.05, 0.1) is 6.07 Å². The highest BCUT2D eigenvalue weighted by molar-refractivity contribution is 5.06. The van der Waals surface area contributed by atoms with E-state index in [1.54, 1.807) is 0 Å². The zero-order chi connectivity index (χ0) is 13.7. The third-order valence-electron chi connectivity index (χ3n) is 4.51. The van der Waals surface area contributed by atoms with E-state index in [0.717, 1.165) is 32.2 Å². The molecule has 0 radical (unpaired) electrons. The van der Waals surface area contributed by atoms with Crippen LogP contribution in [-0.2, 0) is 0 Å². The van der Waals surface area contributed by atoms with Gasteiger partial charge in [0.1, 0.15) is 5.54 Å². The van der Waals surface area contributed by atoms with E-state index in [2.05, 4.69) is 28.1 Å². The summed E-state index contributed by atoms with van der Waals surface area (Å²) in [6.07, 6.45) is 5.40. The van der Waals surface area contributed by atoms with Crippen molar-refractivity contribution in [2.24, 2.45) is 0 Å². The van der Waals surface area contributed by atoms with Gasteiger partial charge in [0.25, 0.3) is 0 Å². The molecule has 0 spiro atoms. The van der Waals surface area contributed by atoms with E-state index in [1.165, 1.54) is 38.8 Å². The van der Waals surface area contributed by atoms with Gasteiger partial charge >= 0.3 is 0 Å². The molecule has 0 aromatic rings. The van der Waals surface area contributed by atoms with Gasteiger partial charge < -0.3 is 0 Å². The predicted molar refractivity (Wildman–Crippen MR) is 78.0 cm³/mol. The van der Waals surface area contributed by atoms with E-state index in [1.807, 2.05) is 6.92 Å². The lowest BCUT2D eigenvalue weighted by molar-refractivity contribution is 0.157. The third-order valence-corrected chi connectivity index (χ3v) is 4.51. The summed E-state index contributed by atoms with van der Waals surface area (Å²) in [5, 5.41) is 12.7. The Morgan fingerprint density at radius 1 is 1.26 bits per heavy atom. The Morgan fingerprint density at radius 2 is 2.00 bits per heavy atom. The largest absolute Gasteiger partial charge is 0.299 e. The summed E-state index contributed by atoms with van der Waals surface area (Å²) < 4.78 is 0. The van der Waals surface area contributed by atoms with Crippen LogP contribution in [0, 0.1) is 11.3 Å². The van der Waals surface area contributed by atoms with Crippen molar-refractivity contribution in [1.29, 1.82) is 5.26 Å². The zero-order valence-electron chi connectivity index (χ0n) is 12.5. The second-order valence-electron chi connectivity index (χ2n) is 6.25. The smallest absolute Gasteiger partial charge is 0.116 e. The molecule has 19 heavy (non-hydrogen) atoms. The first-order valence-corrected chi connectivity index (χ1v) is 7.79. The number of nitrogens with one attached hydrogen (secondary N) is 1. The van der Waals surface area contributed by atoms with Crippen LogP contribution in [0.5, 0.6) is 0 Å². The average molecular weight is 264 g/mol. The molecule has 2 fully saturated rings. The van der Waals surface area contributed by atoms with E-state index < -0.39 is 5.54 Å². The van der Waals surface area contributed by atoms with Crippen LogP contribution in [0.1, 0.15) is 39.5 Å². The Kier molecular flexibility index (Phi) is 5.20. The van der Waals surface area contributed by atoms with Crippen molar-refractivity contribution in [2.75, 3.05) is 39.3 Å². The second-order valence-corrected chi connectivity index (χ2v) is 6.25. The molecule has 2 atom stereocenters. The first-order valence-electron chi connectivity index (χ1n) is 7.79. The van der Waals surface area contributed by atoms with Gasteiger partial charge in [0.15, 0.2) is 0 Å². The van der Waals surface area contributed by atoms with Crippen LogP contribution in [-0.4, -0.2) is 60.6 Å². The van der Waals surface area contributed by atoms with Gasteiger partial charge in [0, 0.05) is 19.1 Å². The quantitative estimate of drug-likeness (QED) is 0.816. The maximum Gasteiger partial charge on any atom is 0.116 e. The summed E-state index contributed by atoms with van der Waals surface area (Å²) in [7, 11) is 0. The average Bonchev–Trinajstić information content (AvgIpc) is 2.88. The number of nitrogens with zero attached hydrogens (tertiary/aromatic N) is 3. The second kappa shape index (κ2) is 6.69. The molecule has 108 valence electrons. The Balaban J connectivity index is 1.82. The highest BCUT2D eigenvalue weighted by Gasteiger charge is 2.33. The van der Waals surface area contributed by atoms with Crippen LogP contribution in [0.2, 0.25) is 0 Å². The number of likely N-dealkylation sites (N-methyl/N-ethyl adjacent to an activating group) is 1. The number of piperidine rings is 1. The van der Waals surface area contributed by atoms with Crippen LogP contribution in [0.3, 0.4) is 0 Å². The molecular formula is C15H28N4. The minimum atomic E-state index is -0.397. The molecule has 0 aromatic carbocycles. The van der Waals surface area contributed by atoms with E-state index in [9.17, 15) is 5.26 Å². The lowest BCUT2D eigenvalue weighted by Crippen LogP contribution is -2.50.